The summed E-state index contributed by atoms with van der Waals surface area (Å²) in [6, 6.07) is 12.2. The minimum absolute atomic E-state index is 0.101. The first kappa shape index (κ1) is 27.4. The number of rotatable bonds is 8. The van der Waals surface area contributed by atoms with Crippen molar-refractivity contribution in [2.75, 3.05) is 14.3 Å². The third-order valence-corrected chi connectivity index (χ3v) is 9.08. The summed E-state index contributed by atoms with van der Waals surface area (Å²) in [5.74, 6) is -1.08. The summed E-state index contributed by atoms with van der Waals surface area (Å²) >= 11 is 0. The zero-order chi connectivity index (χ0) is 28.9. The smallest absolute Gasteiger partial charge is 0.322 e. The summed E-state index contributed by atoms with van der Waals surface area (Å²) < 4.78 is 91.8. The van der Waals surface area contributed by atoms with Crippen LogP contribution in [-0.2, 0) is 31.3 Å². The lowest BCUT2D eigenvalue weighted by molar-refractivity contribution is -0.119. The number of hydrogen-bond acceptors (Lipinski definition) is 7. The lowest BCUT2D eigenvalue weighted by Gasteiger charge is -2.15. The van der Waals surface area contributed by atoms with Gasteiger partial charge in [0.15, 0.2) is 0 Å². The number of imide groups is 1. The average Bonchev–Trinajstić information content (AvgIpc) is 3.50. The molecule has 2 aliphatic rings. The average molecular weight is 596 g/mol. The zero-order valence-corrected chi connectivity index (χ0v) is 21.8. The molecule has 1 aliphatic heterocycles. The first-order chi connectivity index (χ1) is 18.7. The molecule has 11 nitrogen and oxygen atoms in total. The largest absolute Gasteiger partial charge is 0.501 e. The molecular weight excluding hydrogens is 575 g/mol. The Labute approximate surface area is 226 Å². The maximum atomic E-state index is 13.3. The fraction of sp³-hybridized carbons (Fsp3) is 0.208. The molecule has 0 radical (unpaired) electrons. The van der Waals surface area contributed by atoms with Gasteiger partial charge in [-0.15, -0.1) is 0 Å². The van der Waals surface area contributed by atoms with E-state index in [0.29, 0.717) is 23.4 Å². The fourth-order valence-electron chi connectivity index (χ4n) is 4.52. The van der Waals surface area contributed by atoms with Gasteiger partial charge in [-0.3, -0.25) is 19.2 Å². The highest BCUT2D eigenvalue weighted by Gasteiger charge is 2.67. The van der Waals surface area contributed by atoms with Gasteiger partial charge in [0.2, 0.25) is 0 Å². The Morgan fingerprint density at radius 3 is 2.30 bits per heavy atom. The van der Waals surface area contributed by atoms with Crippen LogP contribution < -0.4 is 19.7 Å². The summed E-state index contributed by atoms with van der Waals surface area (Å²) in [5, 5.41) is 2.61. The van der Waals surface area contributed by atoms with Crippen LogP contribution in [0.4, 0.5) is 35.0 Å². The second kappa shape index (κ2) is 9.48. The fourth-order valence-corrected chi connectivity index (χ4v) is 6.25. The standard InChI is InChI=1S/C24H20F3N5O6S2/c25-24(26,27)39(35,36)19-8-6-18(7-9-19)32-21(33)23(29-22(32)34)13-16(23)12-15-10-11-28-14-20(15)31-40(37,38)30-17-4-2-1-3-5-17/h1-11,14,16,30-31H,12-13H2,(H,29,34). The number of halogens is 3. The third-order valence-electron chi connectivity index (χ3n) is 6.58. The Hall–Kier alpha value is -4.18. The van der Waals surface area contributed by atoms with Gasteiger partial charge in [0, 0.05) is 6.20 Å². The van der Waals surface area contributed by atoms with Crippen LogP contribution in [0, 0.1) is 5.92 Å². The number of nitrogens with one attached hydrogen (secondary N) is 3. The monoisotopic (exact) mass is 595 g/mol. The summed E-state index contributed by atoms with van der Waals surface area (Å²) in [7, 11) is -9.63. The van der Waals surface area contributed by atoms with Crippen LogP contribution in [-0.4, -0.2) is 44.8 Å². The highest BCUT2D eigenvalue weighted by atomic mass is 32.2. The van der Waals surface area contributed by atoms with Gasteiger partial charge in [-0.25, -0.2) is 18.1 Å². The van der Waals surface area contributed by atoms with Crippen LogP contribution in [0.25, 0.3) is 0 Å². The van der Waals surface area contributed by atoms with E-state index in [-0.39, 0.29) is 24.2 Å². The topological polar surface area (TPSA) is 155 Å². The van der Waals surface area contributed by atoms with Gasteiger partial charge >= 0.3 is 21.7 Å². The first-order valence-corrected chi connectivity index (χ1v) is 14.6. The summed E-state index contributed by atoms with van der Waals surface area (Å²) in [6.07, 6.45) is 3.18. The molecule has 2 fully saturated rings. The molecule has 210 valence electrons. The predicted molar refractivity (Wildman–Crippen MR) is 137 cm³/mol. The second-order valence-electron chi connectivity index (χ2n) is 9.20. The van der Waals surface area contributed by atoms with Crippen LogP contribution in [0.3, 0.4) is 0 Å². The number of para-hydroxylation sites is 1. The van der Waals surface area contributed by atoms with Crippen molar-refractivity contribution in [3.8, 4) is 0 Å². The molecule has 1 aliphatic carbocycles. The highest BCUT2D eigenvalue weighted by molar-refractivity contribution is 7.94. The van der Waals surface area contributed by atoms with Gasteiger partial charge in [-0.1, -0.05) is 18.2 Å². The normalized spacial score (nSPS) is 20.9. The van der Waals surface area contributed by atoms with E-state index in [1.54, 1.807) is 36.4 Å². The number of alkyl halides is 3. The van der Waals surface area contributed by atoms with Crippen molar-refractivity contribution < 1.29 is 39.6 Å². The lowest BCUT2D eigenvalue weighted by atomic mass is 10.0. The molecule has 16 heteroatoms. The Kier molecular flexibility index (Phi) is 6.49. The Morgan fingerprint density at radius 1 is 0.975 bits per heavy atom. The molecular formula is C24H20F3N5O6S2. The molecule has 1 saturated carbocycles. The number of sulfone groups is 1. The number of carbonyl (C=O) groups is 2. The summed E-state index contributed by atoms with van der Waals surface area (Å²) in [5.41, 5.74) is -5.88. The molecule has 40 heavy (non-hydrogen) atoms. The van der Waals surface area contributed by atoms with E-state index in [9.17, 15) is 39.6 Å². The number of hydrogen-bond donors (Lipinski definition) is 3. The maximum absolute atomic E-state index is 13.3. The molecule has 2 atom stereocenters. The Morgan fingerprint density at radius 2 is 1.65 bits per heavy atom. The van der Waals surface area contributed by atoms with Crippen LogP contribution in [0.15, 0.2) is 78.0 Å². The minimum atomic E-state index is -5.60. The molecule has 2 heterocycles. The van der Waals surface area contributed by atoms with Crippen LogP contribution >= 0.6 is 0 Å². The van der Waals surface area contributed by atoms with E-state index >= 15 is 0 Å². The van der Waals surface area contributed by atoms with Crippen LogP contribution in [0.1, 0.15) is 12.0 Å². The molecule has 1 saturated heterocycles. The van der Waals surface area contributed by atoms with Crippen molar-refractivity contribution in [3.63, 3.8) is 0 Å². The highest BCUT2D eigenvalue weighted by Crippen LogP contribution is 2.51. The van der Waals surface area contributed by atoms with Crippen molar-refractivity contribution in [2.24, 2.45) is 5.92 Å². The molecule has 2 unspecified atom stereocenters. The quantitative estimate of drug-likeness (QED) is 0.338. The molecule has 3 N–H and O–H groups in total. The Bertz CT molecular complexity index is 1700. The maximum Gasteiger partial charge on any atom is 0.501 e. The summed E-state index contributed by atoms with van der Waals surface area (Å²) in [4.78, 5) is 29.6. The van der Waals surface area contributed by atoms with Crippen molar-refractivity contribution in [1.82, 2.24) is 10.3 Å². The van der Waals surface area contributed by atoms with Gasteiger partial charge < -0.3 is 5.32 Å². The van der Waals surface area contributed by atoms with E-state index in [1.807, 2.05) is 0 Å². The van der Waals surface area contributed by atoms with Crippen molar-refractivity contribution in [3.05, 3.63) is 78.6 Å². The SMILES string of the molecule is O=C1NC2(CC2Cc2ccncc2NS(=O)(=O)Nc2ccccc2)C(=O)N1c1ccc(S(=O)(=O)C(F)(F)F)cc1. The number of aromatic nitrogens is 1. The van der Waals surface area contributed by atoms with E-state index in [1.165, 1.54) is 12.4 Å². The molecule has 1 aromatic heterocycles. The molecule has 5 rings (SSSR count). The molecule has 2 aromatic carbocycles. The van der Waals surface area contributed by atoms with E-state index in [0.717, 1.165) is 17.0 Å². The van der Waals surface area contributed by atoms with Gasteiger partial charge in [-0.2, -0.15) is 21.6 Å². The number of carbonyl (C=O) groups excluding carboxylic acids is 2. The summed E-state index contributed by atoms with van der Waals surface area (Å²) in [6.45, 7) is 0. The number of urea groups is 1. The third kappa shape index (κ3) is 4.95. The predicted octanol–water partition coefficient (Wildman–Crippen LogP) is 3.20. The number of anilines is 3. The van der Waals surface area contributed by atoms with Gasteiger partial charge in [-0.05, 0) is 66.8 Å². The minimum Gasteiger partial charge on any atom is -0.322 e. The van der Waals surface area contributed by atoms with E-state index in [4.69, 9.17) is 0 Å². The lowest BCUT2D eigenvalue weighted by Crippen LogP contribution is -2.35. The number of amides is 3. The second-order valence-corrected chi connectivity index (χ2v) is 12.6. The first-order valence-electron chi connectivity index (χ1n) is 11.6. The van der Waals surface area contributed by atoms with E-state index < -0.39 is 53.8 Å². The van der Waals surface area contributed by atoms with Crippen molar-refractivity contribution >= 4 is 49.0 Å². The van der Waals surface area contributed by atoms with Crippen molar-refractivity contribution in [1.29, 1.82) is 0 Å². The molecule has 3 aromatic rings. The molecule has 0 bridgehead atoms. The number of benzene rings is 2. The van der Waals surface area contributed by atoms with Gasteiger partial charge in [0.1, 0.15) is 5.54 Å². The zero-order valence-electron chi connectivity index (χ0n) is 20.2. The molecule has 3 amide bonds. The van der Waals surface area contributed by atoms with Crippen molar-refractivity contribution in [2.45, 2.75) is 28.8 Å². The molecule has 1 spiro atoms. The number of pyridine rings is 1. The van der Waals surface area contributed by atoms with Crippen LogP contribution in [0.2, 0.25) is 0 Å². The van der Waals surface area contributed by atoms with Gasteiger partial charge in [0.05, 0.1) is 28.2 Å². The van der Waals surface area contributed by atoms with Gasteiger partial charge in [0.25, 0.3) is 15.7 Å². The Balaban J connectivity index is 1.31. The van der Waals surface area contributed by atoms with Crippen LogP contribution in [0.5, 0.6) is 0 Å². The number of nitrogens with zero attached hydrogens (tertiary/aromatic N) is 2. The van der Waals surface area contributed by atoms with E-state index in [2.05, 4.69) is 19.7 Å².